The highest BCUT2D eigenvalue weighted by atomic mass is 16.5. The monoisotopic (exact) mass is 249 g/mol. The van der Waals surface area contributed by atoms with E-state index in [1.165, 1.54) is 6.33 Å². The number of aromatic nitrogens is 4. The molecule has 0 bridgehead atoms. The van der Waals surface area contributed by atoms with Gasteiger partial charge in [-0.3, -0.25) is 4.57 Å². The number of hydrogen-bond acceptors (Lipinski definition) is 6. The van der Waals surface area contributed by atoms with Crippen LogP contribution in [0.15, 0.2) is 12.7 Å². The molecule has 0 saturated carbocycles. The van der Waals surface area contributed by atoms with E-state index in [1.807, 2.05) is 4.57 Å². The lowest BCUT2D eigenvalue weighted by Gasteiger charge is -2.13. The highest BCUT2D eigenvalue weighted by Crippen LogP contribution is 2.34. The first kappa shape index (κ1) is 11.4. The van der Waals surface area contributed by atoms with Gasteiger partial charge in [0, 0.05) is 0 Å². The Balaban J connectivity index is 1.99. The molecule has 96 valence electrons. The summed E-state index contributed by atoms with van der Waals surface area (Å²) in [5.74, 6) is 0.667. The number of aliphatic hydroxyl groups excluding tert-OH is 1. The van der Waals surface area contributed by atoms with Crippen molar-refractivity contribution in [3.8, 4) is 0 Å². The fourth-order valence-electron chi connectivity index (χ4n) is 2.34. The Kier molecular flexibility index (Phi) is 2.64. The van der Waals surface area contributed by atoms with E-state index in [1.54, 1.807) is 6.33 Å². The number of anilines is 1. The molecule has 1 saturated heterocycles. The maximum atomic E-state index is 9.21. The number of nitrogen functional groups attached to an aromatic ring is 1. The van der Waals surface area contributed by atoms with E-state index in [9.17, 15) is 5.11 Å². The van der Waals surface area contributed by atoms with Gasteiger partial charge in [0.25, 0.3) is 0 Å². The minimum atomic E-state index is -0.156. The summed E-state index contributed by atoms with van der Waals surface area (Å²) in [6, 6.07) is 0. The van der Waals surface area contributed by atoms with Crippen LogP contribution in [0.25, 0.3) is 11.2 Å². The van der Waals surface area contributed by atoms with Crippen molar-refractivity contribution in [2.24, 2.45) is 5.92 Å². The molecule has 3 N–H and O–H groups in total. The van der Waals surface area contributed by atoms with E-state index in [0.717, 1.165) is 6.42 Å². The second kappa shape index (κ2) is 4.18. The molecule has 3 atom stereocenters. The molecular weight excluding hydrogens is 234 g/mol. The average molecular weight is 249 g/mol. The maximum Gasteiger partial charge on any atom is 0.167 e. The van der Waals surface area contributed by atoms with Crippen LogP contribution in [0.2, 0.25) is 0 Å². The van der Waals surface area contributed by atoms with Crippen LogP contribution in [0.1, 0.15) is 19.6 Å². The molecular formula is C11H15N5O2. The third kappa shape index (κ3) is 1.63. The van der Waals surface area contributed by atoms with Crippen LogP contribution in [0.4, 0.5) is 5.82 Å². The van der Waals surface area contributed by atoms with Crippen molar-refractivity contribution in [3.63, 3.8) is 0 Å². The number of aliphatic hydroxyl groups is 1. The van der Waals surface area contributed by atoms with Crippen LogP contribution in [-0.2, 0) is 4.74 Å². The Hall–Kier alpha value is -1.73. The summed E-state index contributed by atoms with van der Waals surface area (Å²) in [5.41, 5.74) is 6.99. The third-order valence-corrected chi connectivity index (χ3v) is 3.42. The zero-order valence-corrected chi connectivity index (χ0v) is 10.0. The first-order valence-corrected chi connectivity index (χ1v) is 5.90. The minimum Gasteiger partial charge on any atom is -0.394 e. The lowest BCUT2D eigenvalue weighted by molar-refractivity contribution is -0.0277. The lowest BCUT2D eigenvalue weighted by Crippen LogP contribution is -2.18. The fraction of sp³-hybridized carbons (Fsp3) is 0.545. The summed E-state index contributed by atoms with van der Waals surface area (Å²) in [4.78, 5) is 12.3. The van der Waals surface area contributed by atoms with Crippen LogP contribution in [0, 0.1) is 5.92 Å². The molecule has 1 aliphatic heterocycles. The summed E-state index contributed by atoms with van der Waals surface area (Å²) in [6.07, 6.45) is 3.61. The molecule has 0 amide bonds. The van der Waals surface area contributed by atoms with Crippen molar-refractivity contribution < 1.29 is 9.84 Å². The number of imidazole rings is 1. The van der Waals surface area contributed by atoms with E-state index in [-0.39, 0.29) is 18.9 Å². The predicted octanol–water partition coefficient (Wildman–Crippen LogP) is 0.324. The van der Waals surface area contributed by atoms with Crippen LogP contribution >= 0.6 is 0 Å². The molecule has 3 unspecified atom stereocenters. The van der Waals surface area contributed by atoms with Crippen molar-refractivity contribution in [1.82, 2.24) is 19.5 Å². The summed E-state index contributed by atoms with van der Waals surface area (Å²) in [6.45, 7) is 2.09. The van der Waals surface area contributed by atoms with Gasteiger partial charge in [0.05, 0.1) is 19.0 Å². The topological polar surface area (TPSA) is 99.1 Å². The smallest absolute Gasteiger partial charge is 0.167 e. The van der Waals surface area contributed by atoms with Gasteiger partial charge in [-0.25, -0.2) is 15.0 Å². The van der Waals surface area contributed by atoms with E-state index in [0.29, 0.717) is 22.9 Å². The predicted molar refractivity (Wildman–Crippen MR) is 64.5 cm³/mol. The number of nitrogens with two attached hydrogens (primary N) is 1. The molecule has 3 heterocycles. The molecule has 2 aromatic rings. The SMILES string of the molecule is CC1CC(n2cnc3c(N)ncnc32)OC1CO. The Morgan fingerprint density at radius 2 is 2.33 bits per heavy atom. The first-order valence-electron chi connectivity index (χ1n) is 5.90. The Morgan fingerprint density at radius 3 is 3.06 bits per heavy atom. The first-order chi connectivity index (χ1) is 8.70. The Labute approximate surface area is 104 Å². The van der Waals surface area contributed by atoms with Crippen molar-refractivity contribution in [1.29, 1.82) is 0 Å². The highest BCUT2D eigenvalue weighted by Gasteiger charge is 2.33. The quantitative estimate of drug-likeness (QED) is 0.795. The zero-order chi connectivity index (χ0) is 12.7. The van der Waals surface area contributed by atoms with Crippen molar-refractivity contribution in [2.75, 3.05) is 12.3 Å². The molecule has 3 rings (SSSR count). The molecule has 7 heteroatoms. The number of rotatable bonds is 2. The van der Waals surface area contributed by atoms with Crippen LogP contribution in [-0.4, -0.2) is 37.3 Å². The normalized spacial score (nSPS) is 28.0. The van der Waals surface area contributed by atoms with Crippen LogP contribution < -0.4 is 5.73 Å². The lowest BCUT2D eigenvalue weighted by atomic mass is 10.0. The van der Waals surface area contributed by atoms with E-state index in [2.05, 4.69) is 21.9 Å². The fourth-order valence-corrected chi connectivity index (χ4v) is 2.34. The van der Waals surface area contributed by atoms with Gasteiger partial charge < -0.3 is 15.6 Å². The van der Waals surface area contributed by atoms with Gasteiger partial charge in [-0.15, -0.1) is 0 Å². The van der Waals surface area contributed by atoms with E-state index in [4.69, 9.17) is 10.5 Å². The second-order valence-electron chi connectivity index (χ2n) is 4.61. The van der Waals surface area contributed by atoms with Gasteiger partial charge >= 0.3 is 0 Å². The number of ether oxygens (including phenoxy) is 1. The minimum absolute atomic E-state index is 0.0292. The zero-order valence-electron chi connectivity index (χ0n) is 10.0. The maximum absolute atomic E-state index is 9.21. The molecule has 1 fully saturated rings. The molecule has 2 aromatic heterocycles. The van der Waals surface area contributed by atoms with Crippen LogP contribution in [0.5, 0.6) is 0 Å². The van der Waals surface area contributed by atoms with Gasteiger partial charge in [0.1, 0.15) is 18.1 Å². The van der Waals surface area contributed by atoms with Crippen molar-refractivity contribution >= 4 is 17.0 Å². The molecule has 18 heavy (non-hydrogen) atoms. The highest BCUT2D eigenvalue weighted by molar-refractivity contribution is 5.81. The van der Waals surface area contributed by atoms with Crippen LogP contribution in [0.3, 0.4) is 0 Å². The molecule has 0 radical (unpaired) electrons. The largest absolute Gasteiger partial charge is 0.394 e. The molecule has 1 aliphatic rings. The number of fused-ring (bicyclic) bond motifs is 1. The summed E-state index contributed by atoms with van der Waals surface area (Å²) < 4.78 is 7.63. The standard InChI is InChI=1S/C11H15N5O2/c1-6-2-8(18-7(6)3-17)16-5-15-9-10(12)13-4-14-11(9)16/h4-8,17H,2-3H2,1H3,(H2,12,13,14). The summed E-state index contributed by atoms with van der Waals surface area (Å²) >= 11 is 0. The number of hydrogen-bond donors (Lipinski definition) is 2. The molecule has 0 aromatic carbocycles. The molecule has 0 aliphatic carbocycles. The Morgan fingerprint density at radius 1 is 1.50 bits per heavy atom. The van der Waals surface area contributed by atoms with Gasteiger partial charge in [0.2, 0.25) is 0 Å². The Bertz CT molecular complexity index is 570. The van der Waals surface area contributed by atoms with Gasteiger partial charge in [-0.05, 0) is 12.3 Å². The van der Waals surface area contributed by atoms with Crippen molar-refractivity contribution in [2.45, 2.75) is 25.7 Å². The number of nitrogens with zero attached hydrogens (tertiary/aromatic N) is 4. The van der Waals surface area contributed by atoms with E-state index < -0.39 is 0 Å². The second-order valence-corrected chi connectivity index (χ2v) is 4.61. The van der Waals surface area contributed by atoms with Gasteiger partial charge in [0.15, 0.2) is 11.5 Å². The third-order valence-electron chi connectivity index (χ3n) is 3.42. The summed E-state index contributed by atoms with van der Waals surface area (Å²) in [5, 5.41) is 9.21. The molecule has 0 spiro atoms. The van der Waals surface area contributed by atoms with Gasteiger partial charge in [-0.2, -0.15) is 0 Å². The van der Waals surface area contributed by atoms with Gasteiger partial charge in [-0.1, -0.05) is 6.92 Å². The average Bonchev–Trinajstić information content (AvgIpc) is 2.93. The van der Waals surface area contributed by atoms with E-state index >= 15 is 0 Å². The summed E-state index contributed by atoms with van der Waals surface area (Å²) in [7, 11) is 0. The molecule has 7 nitrogen and oxygen atoms in total. The van der Waals surface area contributed by atoms with Crippen molar-refractivity contribution in [3.05, 3.63) is 12.7 Å².